The molecule has 4 nitrogen and oxygen atoms in total. The highest BCUT2D eigenvalue weighted by atomic mass is 16.4. The van der Waals surface area contributed by atoms with E-state index in [1.54, 1.807) is 0 Å². The van der Waals surface area contributed by atoms with Crippen molar-refractivity contribution in [3.63, 3.8) is 0 Å². The quantitative estimate of drug-likeness (QED) is 0.613. The van der Waals surface area contributed by atoms with Crippen LogP contribution in [0, 0.1) is 5.92 Å². The highest BCUT2D eigenvalue weighted by Gasteiger charge is 2.39. The summed E-state index contributed by atoms with van der Waals surface area (Å²) in [7, 11) is 0. The zero-order chi connectivity index (χ0) is 10.1. The van der Waals surface area contributed by atoms with E-state index in [0.29, 0.717) is 0 Å². The lowest BCUT2D eigenvalue weighted by molar-refractivity contribution is -0.146. The van der Waals surface area contributed by atoms with Gasteiger partial charge in [0.1, 0.15) is 0 Å². The Bertz CT molecular complexity index is 231. The Labute approximate surface area is 83.3 Å². The maximum absolute atomic E-state index is 10.7. The van der Waals surface area contributed by atoms with Gasteiger partial charge in [0, 0.05) is 12.1 Å². The molecule has 0 saturated heterocycles. The zero-order valence-electron chi connectivity index (χ0n) is 8.15. The molecule has 0 aromatic rings. The number of nitrogens with one attached hydrogen (secondary N) is 1. The van der Waals surface area contributed by atoms with Crippen molar-refractivity contribution >= 4 is 5.97 Å². The summed E-state index contributed by atoms with van der Waals surface area (Å²) in [6, 6.07) is 0.215. The Morgan fingerprint density at radius 3 is 2.36 bits per heavy atom. The van der Waals surface area contributed by atoms with Crippen LogP contribution in [-0.2, 0) is 4.79 Å². The molecule has 14 heavy (non-hydrogen) atoms. The number of carbonyl (C=O) groups is 1. The van der Waals surface area contributed by atoms with Gasteiger partial charge in [0.15, 0.2) is 0 Å². The van der Waals surface area contributed by atoms with Gasteiger partial charge in [0.2, 0.25) is 0 Å². The van der Waals surface area contributed by atoms with E-state index in [1.165, 1.54) is 0 Å². The first-order valence-corrected chi connectivity index (χ1v) is 5.35. The van der Waals surface area contributed by atoms with E-state index in [9.17, 15) is 9.90 Å². The van der Waals surface area contributed by atoms with Crippen molar-refractivity contribution in [2.45, 2.75) is 50.3 Å². The molecule has 80 valence electrons. The number of aliphatic hydroxyl groups excluding tert-OH is 1. The molecule has 0 radical (unpaired) electrons. The molecule has 0 aliphatic heterocycles. The lowest BCUT2D eigenvalue weighted by Crippen LogP contribution is -2.53. The molecule has 4 unspecified atom stereocenters. The normalized spacial score (nSPS) is 42.1. The second-order valence-electron chi connectivity index (χ2n) is 4.40. The molecule has 0 spiro atoms. The zero-order valence-corrected chi connectivity index (χ0v) is 8.15. The lowest BCUT2D eigenvalue weighted by Gasteiger charge is -2.37. The minimum Gasteiger partial charge on any atom is -0.481 e. The average Bonchev–Trinajstić information content (AvgIpc) is 2.44. The van der Waals surface area contributed by atoms with Crippen molar-refractivity contribution < 1.29 is 15.0 Å². The van der Waals surface area contributed by atoms with E-state index < -0.39 is 5.97 Å². The first-order valence-electron chi connectivity index (χ1n) is 5.35. The standard InChI is InChI=1S/C10H17NO3/c12-9-3-1-2-8(9)11-7-5-4-6(7)10(13)14/h6-9,11-12H,1-5H2,(H,13,14). The van der Waals surface area contributed by atoms with Crippen molar-refractivity contribution in [1.29, 1.82) is 0 Å². The van der Waals surface area contributed by atoms with Crippen molar-refractivity contribution in [3.8, 4) is 0 Å². The van der Waals surface area contributed by atoms with Gasteiger partial charge in [0.25, 0.3) is 0 Å². The van der Waals surface area contributed by atoms with Gasteiger partial charge >= 0.3 is 5.97 Å². The van der Waals surface area contributed by atoms with E-state index in [2.05, 4.69) is 5.32 Å². The highest BCUT2D eigenvalue weighted by molar-refractivity contribution is 5.72. The van der Waals surface area contributed by atoms with Crippen LogP contribution in [0.5, 0.6) is 0 Å². The predicted molar refractivity (Wildman–Crippen MR) is 50.9 cm³/mol. The second kappa shape index (κ2) is 3.87. The molecule has 4 heteroatoms. The highest BCUT2D eigenvalue weighted by Crippen LogP contribution is 2.30. The van der Waals surface area contributed by atoms with Gasteiger partial charge in [0.05, 0.1) is 12.0 Å². The number of rotatable bonds is 3. The van der Waals surface area contributed by atoms with Crippen LogP contribution in [0.2, 0.25) is 0 Å². The van der Waals surface area contributed by atoms with Gasteiger partial charge in [-0.05, 0) is 32.1 Å². The monoisotopic (exact) mass is 199 g/mol. The van der Waals surface area contributed by atoms with E-state index in [4.69, 9.17) is 5.11 Å². The third kappa shape index (κ3) is 1.77. The van der Waals surface area contributed by atoms with Crippen LogP contribution in [-0.4, -0.2) is 34.4 Å². The number of hydrogen-bond donors (Lipinski definition) is 3. The summed E-state index contributed by atoms with van der Waals surface area (Å²) in [4.78, 5) is 10.7. The van der Waals surface area contributed by atoms with Gasteiger partial charge in [-0.2, -0.15) is 0 Å². The molecule has 2 saturated carbocycles. The molecule has 2 aliphatic rings. The molecule has 2 aliphatic carbocycles. The maximum Gasteiger partial charge on any atom is 0.308 e. The number of carboxylic acids is 1. The second-order valence-corrected chi connectivity index (χ2v) is 4.40. The Hall–Kier alpha value is -0.610. The Morgan fingerprint density at radius 1 is 1.14 bits per heavy atom. The molecular weight excluding hydrogens is 182 g/mol. The van der Waals surface area contributed by atoms with Crippen molar-refractivity contribution in [1.82, 2.24) is 5.32 Å². The fourth-order valence-corrected chi connectivity index (χ4v) is 2.40. The molecule has 0 heterocycles. The Morgan fingerprint density at radius 2 is 1.93 bits per heavy atom. The molecule has 3 N–H and O–H groups in total. The van der Waals surface area contributed by atoms with Crippen LogP contribution in [0.25, 0.3) is 0 Å². The van der Waals surface area contributed by atoms with Crippen LogP contribution in [0.15, 0.2) is 0 Å². The average molecular weight is 199 g/mol. The first-order chi connectivity index (χ1) is 6.68. The van der Waals surface area contributed by atoms with Gasteiger partial charge < -0.3 is 15.5 Å². The van der Waals surface area contributed by atoms with Gasteiger partial charge in [-0.15, -0.1) is 0 Å². The topological polar surface area (TPSA) is 69.6 Å². The molecule has 0 bridgehead atoms. The number of carboxylic acid groups (broad SMARTS) is 1. The number of aliphatic carboxylic acids is 1. The van der Waals surface area contributed by atoms with Crippen LogP contribution in [0.4, 0.5) is 0 Å². The van der Waals surface area contributed by atoms with E-state index in [-0.39, 0.29) is 24.1 Å². The Kier molecular flexibility index (Phi) is 2.74. The van der Waals surface area contributed by atoms with Crippen LogP contribution in [0.1, 0.15) is 32.1 Å². The van der Waals surface area contributed by atoms with Crippen LogP contribution >= 0.6 is 0 Å². The first kappa shape index (κ1) is 9.93. The minimum atomic E-state index is -0.707. The van der Waals surface area contributed by atoms with Gasteiger partial charge in [-0.25, -0.2) is 0 Å². The summed E-state index contributed by atoms with van der Waals surface area (Å²) in [6.07, 6.45) is 4.30. The summed E-state index contributed by atoms with van der Waals surface area (Å²) in [6.45, 7) is 0. The molecule has 0 aromatic heterocycles. The fourth-order valence-electron chi connectivity index (χ4n) is 2.40. The van der Waals surface area contributed by atoms with E-state index in [0.717, 1.165) is 32.1 Å². The van der Waals surface area contributed by atoms with Crippen LogP contribution in [0.3, 0.4) is 0 Å². The number of hydrogen-bond acceptors (Lipinski definition) is 3. The molecule has 2 fully saturated rings. The van der Waals surface area contributed by atoms with Crippen molar-refractivity contribution in [2.24, 2.45) is 5.92 Å². The summed E-state index contributed by atoms with van der Waals surface area (Å²) in [5.41, 5.74) is 0. The van der Waals surface area contributed by atoms with Gasteiger partial charge in [-0.3, -0.25) is 4.79 Å². The molecular formula is C10H17NO3. The summed E-state index contributed by atoms with van der Waals surface area (Å²) < 4.78 is 0. The SMILES string of the molecule is O=C(O)C1CCC1NC1CCCC1O. The summed E-state index contributed by atoms with van der Waals surface area (Å²) in [5, 5.41) is 21.7. The predicted octanol–water partition coefficient (Wildman–Crippen LogP) is 0.353. The largest absolute Gasteiger partial charge is 0.481 e. The minimum absolute atomic E-state index is 0.0882. The van der Waals surface area contributed by atoms with E-state index in [1.807, 2.05) is 0 Å². The summed E-state index contributed by atoms with van der Waals surface area (Å²) in [5.74, 6) is -0.941. The maximum atomic E-state index is 10.7. The van der Waals surface area contributed by atoms with Gasteiger partial charge in [-0.1, -0.05) is 0 Å². The van der Waals surface area contributed by atoms with Crippen molar-refractivity contribution in [3.05, 3.63) is 0 Å². The van der Waals surface area contributed by atoms with Crippen LogP contribution < -0.4 is 5.32 Å². The molecule has 0 aromatic carbocycles. The fraction of sp³-hybridized carbons (Fsp3) is 0.900. The third-order valence-electron chi connectivity index (χ3n) is 3.50. The summed E-state index contributed by atoms with van der Waals surface area (Å²) >= 11 is 0. The molecule has 2 rings (SSSR count). The lowest BCUT2D eigenvalue weighted by atomic mass is 9.79. The van der Waals surface area contributed by atoms with E-state index >= 15 is 0 Å². The molecule has 4 atom stereocenters. The number of aliphatic hydroxyl groups is 1. The molecule has 0 amide bonds. The third-order valence-corrected chi connectivity index (χ3v) is 3.50. The smallest absolute Gasteiger partial charge is 0.308 e. The Balaban J connectivity index is 1.83. The van der Waals surface area contributed by atoms with Crippen molar-refractivity contribution in [2.75, 3.05) is 0 Å².